The molecule has 0 amide bonds. The van der Waals surface area contributed by atoms with Gasteiger partial charge in [-0.1, -0.05) is 181 Å². The summed E-state index contributed by atoms with van der Waals surface area (Å²) in [4.78, 5) is 17.3. The predicted octanol–water partition coefficient (Wildman–Crippen LogP) is 14.8. The van der Waals surface area contributed by atoms with Gasteiger partial charge < -0.3 is 18.8 Å². The van der Waals surface area contributed by atoms with E-state index in [1.54, 1.807) is 36.8 Å². The van der Waals surface area contributed by atoms with Crippen molar-refractivity contribution < 1.29 is 19.0 Å². The SMILES string of the molecule is CCCCCCCCCCCCCCCCOc1ccc(C(=O)Oc2ccc(-n3ccnc3)cc2)cc1OCCCCCCCCCCCCCCCC. The molecule has 0 N–H and O–H groups in total. The molecule has 0 unspecified atom stereocenters. The highest BCUT2D eigenvalue weighted by molar-refractivity contribution is 5.91. The maximum atomic E-state index is 13.2. The average Bonchev–Trinajstić information content (AvgIpc) is 3.74. The molecule has 0 aliphatic carbocycles. The van der Waals surface area contributed by atoms with Gasteiger partial charge in [0.2, 0.25) is 0 Å². The topological polar surface area (TPSA) is 62.6 Å². The van der Waals surface area contributed by atoms with Crippen LogP contribution in [-0.4, -0.2) is 28.7 Å². The summed E-state index contributed by atoms with van der Waals surface area (Å²) in [5.74, 6) is 1.41. The second kappa shape index (κ2) is 31.0. The van der Waals surface area contributed by atoms with Gasteiger partial charge in [0, 0.05) is 18.1 Å². The third-order valence-electron chi connectivity index (χ3n) is 10.5. The molecule has 3 rings (SSSR count). The van der Waals surface area contributed by atoms with Gasteiger partial charge in [-0.3, -0.25) is 0 Å². The van der Waals surface area contributed by atoms with Crippen LogP contribution in [0.25, 0.3) is 5.69 Å². The van der Waals surface area contributed by atoms with E-state index in [1.807, 2.05) is 29.0 Å². The van der Waals surface area contributed by atoms with Gasteiger partial charge in [-0.05, 0) is 55.3 Å². The van der Waals surface area contributed by atoms with E-state index in [-0.39, 0.29) is 0 Å². The fourth-order valence-electron chi connectivity index (χ4n) is 7.09. The zero-order chi connectivity index (χ0) is 38.2. The zero-order valence-corrected chi connectivity index (χ0v) is 34.5. The number of aromatic nitrogens is 2. The van der Waals surface area contributed by atoms with Gasteiger partial charge in [0.25, 0.3) is 0 Å². The highest BCUT2D eigenvalue weighted by Crippen LogP contribution is 2.30. The Morgan fingerprint density at radius 1 is 0.519 bits per heavy atom. The normalized spacial score (nSPS) is 11.2. The molecule has 6 nitrogen and oxygen atoms in total. The Hall–Kier alpha value is -3.28. The fraction of sp³-hybridized carbons (Fsp3) is 0.667. The Labute approximate surface area is 330 Å². The highest BCUT2D eigenvalue weighted by Gasteiger charge is 2.14. The number of carbonyl (C=O) groups excluding carboxylic acids is 1. The fourth-order valence-corrected chi connectivity index (χ4v) is 7.09. The molecule has 54 heavy (non-hydrogen) atoms. The van der Waals surface area contributed by atoms with E-state index in [0.29, 0.717) is 36.0 Å². The van der Waals surface area contributed by atoms with Crippen LogP contribution in [0.5, 0.6) is 17.2 Å². The van der Waals surface area contributed by atoms with Crippen molar-refractivity contribution in [3.63, 3.8) is 0 Å². The molecule has 1 heterocycles. The van der Waals surface area contributed by atoms with Gasteiger partial charge in [-0.25, -0.2) is 9.78 Å². The summed E-state index contributed by atoms with van der Waals surface area (Å²) in [6.45, 7) is 5.83. The molecule has 0 spiro atoms. The first-order valence-corrected chi connectivity index (χ1v) is 22.4. The molecule has 0 aliphatic heterocycles. The summed E-state index contributed by atoms with van der Waals surface area (Å²) < 4.78 is 20.1. The molecular formula is C48H76N2O4. The van der Waals surface area contributed by atoms with Crippen LogP contribution in [0.4, 0.5) is 0 Å². The number of nitrogens with zero attached hydrogens (tertiary/aromatic N) is 2. The third kappa shape index (κ3) is 21.0. The van der Waals surface area contributed by atoms with Crippen molar-refractivity contribution in [2.45, 2.75) is 194 Å². The smallest absolute Gasteiger partial charge is 0.343 e. The third-order valence-corrected chi connectivity index (χ3v) is 10.5. The van der Waals surface area contributed by atoms with Crippen molar-refractivity contribution in [2.24, 2.45) is 0 Å². The number of esters is 1. The summed E-state index contributed by atoms with van der Waals surface area (Å²) in [6.07, 6.45) is 42.6. The first-order valence-electron chi connectivity index (χ1n) is 22.4. The summed E-state index contributed by atoms with van der Waals surface area (Å²) in [5.41, 5.74) is 1.40. The van der Waals surface area contributed by atoms with E-state index in [1.165, 1.54) is 161 Å². The van der Waals surface area contributed by atoms with E-state index < -0.39 is 5.97 Å². The zero-order valence-electron chi connectivity index (χ0n) is 34.5. The Bertz CT molecular complexity index is 1310. The highest BCUT2D eigenvalue weighted by atomic mass is 16.5. The molecule has 2 aromatic carbocycles. The molecule has 0 radical (unpaired) electrons. The lowest BCUT2D eigenvalue weighted by atomic mass is 10.0. The van der Waals surface area contributed by atoms with E-state index in [9.17, 15) is 4.79 Å². The molecule has 0 aliphatic rings. The quantitative estimate of drug-likeness (QED) is 0.0341. The van der Waals surface area contributed by atoms with Gasteiger partial charge in [0.05, 0.1) is 25.1 Å². The van der Waals surface area contributed by atoms with Crippen LogP contribution in [-0.2, 0) is 0 Å². The molecule has 0 saturated carbocycles. The number of hydrogen-bond acceptors (Lipinski definition) is 5. The van der Waals surface area contributed by atoms with Gasteiger partial charge in [0.15, 0.2) is 11.5 Å². The van der Waals surface area contributed by atoms with E-state index in [0.717, 1.165) is 24.9 Å². The Balaban J connectivity index is 1.36. The van der Waals surface area contributed by atoms with Crippen molar-refractivity contribution >= 4 is 5.97 Å². The standard InChI is InChI=1S/C48H76N2O4/c1-3-5-7-9-11-13-15-17-19-21-23-25-27-29-39-52-46-36-31-43(48(51)54-45-34-32-44(33-35-45)50-38-37-49-42-50)41-47(46)53-40-30-28-26-24-22-20-18-16-14-12-10-8-6-4-2/h31-38,41-42H,3-30,39-40H2,1-2H3. The average molecular weight is 745 g/mol. The van der Waals surface area contributed by atoms with Gasteiger partial charge in [-0.15, -0.1) is 0 Å². The molecular weight excluding hydrogens is 669 g/mol. The van der Waals surface area contributed by atoms with Gasteiger partial charge in [0.1, 0.15) is 5.75 Å². The predicted molar refractivity (Wildman–Crippen MR) is 227 cm³/mol. The maximum absolute atomic E-state index is 13.2. The van der Waals surface area contributed by atoms with E-state index in [4.69, 9.17) is 14.2 Å². The monoisotopic (exact) mass is 745 g/mol. The number of carbonyl (C=O) groups is 1. The molecule has 6 heteroatoms. The van der Waals surface area contributed by atoms with Crippen molar-refractivity contribution in [3.8, 4) is 22.9 Å². The lowest BCUT2D eigenvalue weighted by molar-refractivity contribution is 0.0734. The molecule has 0 bridgehead atoms. The number of hydrogen-bond donors (Lipinski definition) is 0. The van der Waals surface area contributed by atoms with Crippen LogP contribution < -0.4 is 14.2 Å². The first kappa shape index (κ1) is 45.1. The summed E-state index contributed by atoms with van der Waals surface area (Å²) >= 11 is 0. The Morgan fingerprint density at radius 3 is 1.37 bits per heavy atom. The number of ether oxygens (including phenoxy) is 3. The second-order valence-corrected chi connectivity index (χ2v) is 15.4. The summed E-state index contributed by atoms with van der Waals surface area (Å²) in [7, 11) is 0. The maximum Gasteiger partial charge on any atom is 0.343 e. The van der Waals surface area contributed by atoms with Crippen LogP contribution in [0, 0.1) is 0 Å². The molecule has 1 aromatic heterocycles. The van der Waals surface area contributed by atoms with E-state index in [2.05, 4.69) is 18.8 Å². The molecule has 0 fully saturated rings. The van der Waals surface area contributed by atoms with Crippen LogP contribution >= 0.6 is 0 Å². The van der Waals surface area contributed by atoms with Crippen molar-refractivity contribution in [1.29, 1.82) is 0 Å². The van der Waals surface area contributed by atoms with Gasteiger partial charge >= 0.3 is 5.97 Å². The molecule has 302 valence electrons. The van der Waals surface area contributed by atoms with Crippen LogP contribution in [0.3, 0.4) is 0 Å². The lowest BCUT2D eigenvalue weighted by Crippen LogP contribution is -2.10. The van der Waals surface area contributed by atoms with Crippen molar-refractivity contribution in [1.82, 2.24) is 9.55 Å². The molecule has 0 saturated heterocycles. The van der Waals surface area contributed by atoms with Crippen LogP contribution in [0.2, 0.25) is 0 Å². The van der Waals surface area contributed by atoms with Crippen LogP contribution in [0.15, 0.2) is 61.2 Å². The Kier molecular flexibility index (Phi) is 25.9. The summed E-state index contributed by atoms with van der Waals surface area (Å²) in [6, 6.07) is 12.8. The van der Waals surface area contributed by atoms with Crippen LogP contribution in [0.1, 0.15) is 204 Å². The number of rotatable bonds is 35. The largest absolute Gasteiger partial charge is 0.490 e. The molecule has 0 atom stereocenters. The lowest BCUT2D eigenvalue weighted by Gasteiger charge is -2.14. The second-order valence-electron chi connectivity index (χ2n) is 15.4. The Morgan fingerprint density at radius 2 is 0.944 bits per heavy atom. The summed E-state index contributed by atoms with van der Waals surface area (Å²) in [5, 5.41) is 0. The first-order chi connectivity index (χ1) is 26.7. The minimum absolute atomic E-state index is 0.412. The number of benzene rings is 2. The van der Waals surface area contributed by atoms with Crippen molar-refractivity contribution in [2.75, 3.05) is 13.2 Å². The van der Waals surface area contributed by atoms with Gasteiger partial charge in [-0.2, -0.15) is 0 Å². The minimum Gasteiger partial charge on any atom is -0.490 e. The van der Waals surface area contributed by atoms with E-state index >= 15 is 0 Å². The van der Waals surface area contributed by atoms with Crippen molar-refractivity contribution in [3.05, 3.63) is 66.7 Å². The molecule has 3 aromatic rings. The minimum atomic E-state index is -0.412. The number of imidazole rings is 1. The number of unbranched alkanes of at least 4 members (excludes halogenated alkanes) is 26.